The van der Waals surface area contributed by atoms with Crippen molar-refractivity contribution in [1.29, 1.82) is 0 Å². The molecule has 0 aliphatic rings. The van der Waals surface area contributed by atoms with Gasteiger partial charge in [0.05, 0.1) is 5.02 Å². The van der Waals surface area contributed by atoms with Gasteiger partial charge < -0.3 is 9.84 Å². The summed E-state index contributed by atoms with van der Waals surface area (Å²) in [5.41, 5.74) is 0.574. The van der Waals surface area contributed by atoms with Crippen LogP contribution in [-0.2, 0) is 4.79 Å². The standard InChI is InChI=1S/C15H10ClFO3/c16-12-7-6-11(9-13(12)17)20-14-4-2-1-3-10(14)5-8-15(18)19/h1-9H,(H,18,19)/b8-5+. The van der Waals surface area contributed by atoms with Crippen molar-refractivity contribution < 1.29 is 19.0 Å². The highest BCUT2D eigenvalue weighted by molar-refractivity contribution is 6.30. The Labute approximate surface area is 119 Å². The molecule has 0 unspecified atom stereocenters. The van der Waals surface area contributed by atoms with Crippen LogP contribution in [-0.4, -0.2) is 11.1 Å². The summed E-state index contributed by atoms with van der Waals surface area (Å²) in [7, 11) is 0. The largest absolute Gasteiger partial charge is 0.478 e. The number of carboxylic acids is 1. The Balaban J connectivity index is 2.29. The summed E-state index contributed by atoms with van der Waals surface area (Å²) >= 11 is 5.59. The molecule has 102 valence electrons. The van der Waals surface area contributed by atoms with E-state index >= 15 is 0 Å². The SMILES string of the molecule is O=C(O)/C=C/c1ccccc1Oc1ccc(Cl)c(F)c1. The van der Waals surface area contributed by atoms with Gasteiger partial charge in [-0.1, -0.05) is 29.8 Å². The molecule has 0 atom stereocenters. The number of carboxylic acid groups (broad SMARTS) is 1. The van der Waals surface area contributed by atoms with E-state index in [-0.39, 0.29) is 10.8 Å². The van der Waals surface area contributed by atoms with Gasteiger partial charge >= 0.3 is 5.97 Å². The van der Waals surface area contributed by atoms with Gasteiger partial charge in [-0.3, -0.25) is 0 Å². The van der Waals surface area contributed by atoms with Crippen LogP contribution in [0, 0.1) is 5.82 Å². The zero-order chi connectivity index (χ0) is 14.5. The van der Waals surface area contributed by atoms with Crippen LogP contribution in [0.4, 0.5) is 4.39 Å². The average molecular weight is 293 g/mol. The minimum absolute atomic E-state index is 0.0106. The van der Waals surface area contributed by atoms with Crippen molar-refractivity contribution in [1.82, 2.24) is 0 Å². The van der Waals surface area contributed by atoms with Gasteiger partial charge in [0.25, 0.3) is 0 Å². The summed E-state index contributed by atoms with van der Waals surface area (Å²) < 4.78 is 18.9. The summed E-state index contributed by atoms with van der Waals surface area (Å²) in [6, 6.07) is 10.9. The first-order chi connectivity index (χ1) is 9.56. The van der Waals surface area contributed by atoms with Gasteiger partial charge in [-0.05, 0) is 24.3 Å². The molecule has 0 saturated heterocycles. The van der Waals surface area contributed by atoms with Crippen molar-refractivity contribution in [3.8, 4) is 11.5 Å². The van der Waals surface area contributed by atoms with E-state index in [0.717, 1.165) is 6.08 Å². The van der Waals surface area contributed by atoms with Gasteiger partial charge in [0.1, 0.15) is 17.3 Å². The first-order valence-corrected chi connectivity index (χ1v) is 6.07. The molecule has 0 aliphatic carbocycles. The number of aliphatic carboxylic acids is 1. The molecule has 0 radical (unpaired) electrons. The lowest BCUT2D eigenvalue weighted by molar-refractivity contribution is -0.131. The van der Waals surface area contributed by atoms with Crippen LogP contribution in [0.2, 0.25) is 5.02 Å². The maximum Gasteiger partial charge on any atom is 0.328 e. The van der Waals surface area contributed by atoms with Crippen LogP contribution < -0.4 is 4.74 Å². The quantitative estimate of drug-likeness (QED) is 0.851. The van der Waals surface area contributed by atoms with Gasteiger partial charge in [0, 0.05) is 17.7 Å². The molecular formula is C15H10ClFO3. The molecule has 0 saturated carbocycles. The van der Waals surface area contributed by atoms with Crippen molar-refractivity contribution in [2.75, 3.05) is 0 Å². The van der Waals surface area contributed by atoms with E-state index in [9.17, 15) is 9.18 Å². The Kier molecular flexibility index (Phi) is 4.38. The van der Waals surface area contributed by atoms with Crippen LogP contribution in [0.15, 0.2) is 48.5 Å². The predicted molar refractivity (Wildman–Crippen MR) is 74.6 cm³/mol. The lowest BCUT2D eigenvalue weighted by atomic mass is 10.2. The predicted octanol–water partition coefficient (Wildman–Crippen LogP) is 4.37. The van der Waals surface area contributed by atoms with Crippen LogP contribution in [0.5, 0.6) is 11.5 Å². The zero-order valence-corrected chi connectivity index (χ0v) is 11.0. The first-order valence-electron chi connectivity index (χ1n) is 5.69. The molecule has 20 heavy (non-hydrogen) atoms. The second kappa shape index (κ2) is 6.21. The van der Waals surface area contributed by atoms with Crippen LogP contribution in [0.25, 0.3) is 6.08 Å². The third-order valence-corrected chi connectivity index (χ3v) is 2.75. The Morgan fingerprint density at radius 2 is 2.00 bits per heavy atom. The molecule has 1 N–H and O–H groups in total. The number of benzene rings is 2. The highest BCUT2D eigenvalue weighted by atomic mass is 35.5. The van der Waals surface area contributed by atoms with Crippen molar-refractivity contribution in [2.24, 2.45) is 0 Å². The number of rotatable bonds is 4. The summed E-state index contributed by atoms with van der Waals surface area (Å²) in [6.07, 6.45) is 2.41. The summed E-state index contributed by atoms with van der Waals surface area (Å²) in [4.78, 5) is 10.5. The number of halogens is 2. The summed E-state index contributed by atoms with van der Waals surface area (Å²) in [5, 5.41) is 8.64. The molecule has 0 bridgehead atoms. The molecule has 0 aliphatic heterocycles. The zero-order valence-electron chi connectivity index (χ0n) is 10.2. The van der Waals surface area contributed by atoms with Gasteiger partial charge in [-0.25, -0.2) is 9.18 Å². The van der Waals surface area contributed by atoms with Gasteiger partial charge in [-0.15, -0.1) is 0 Å². The Morgan fingerprint density at radius 1 is 1.25 bits per heavy atom. The molecule has 0 heterocycles. The number of para-hydroxylation sites is 1. The second-order valence-electron chi connectivity index (χ2n) is 3.89. The fraction of sp³-hybridized carbons (Fsp3) is 0. The molecule has 5 heteroatoms. The lowest BCUT2D eigenvalue weighted by Crippen LogP contribution is -1.90. The van der Waals surface area contributed by atoms with Gasteiger partial charge in [0.15, 0.2) is 0 Å². The average Bonchev–Trinajstić information content (AvgIpc) is 2.42. The van der Waals surface area contributed by atoms with Gasteiger partial charge in [-0.2, -0.15) is 0 Å². The maximum absolute atomic E-state index is 13.3. The molecule has 2 aromatic carbocycles. The van der Waals surface area contributed by atoms with E-state index in [1.807, 2.05) is 0 Å². The number of carbonyl (C=O) groups is 1. The Bertz CT molecular complexity index is 668. The molecule has 0 spiro atoms. The molecule has 0 fully saturated rings. The van der Waals surface area contributed by atoms with E-state index in [1.165, 1.54) is 24.3 Å². The molecule has 0 amide bonds. The normalized spacial score (nSPS) is 10.7. The van der Waals surface area contributed by atoms with E-state index in [4.69, 9.17) is 21.4 Å². The number of hydrogen-bond donors (Lipinski definition) is 1. The van der Waals surface area contributed by atoms with Crippen molar-refractivity contribution in [2.45, 2.75) is 0 Å². The van der Waals surface area contributed by atoms with E-state index in [1.54, 1.807) is 24.3 Å². The van der Waals surface area contributed by atoms with Crippen molar-refractivity contribution in [3.63, 3.8) is 0 Å². The molecule has 2 rings (SSSR count). The third-order valence-electron chi connectivity index (χ3n) is 2.44. The molecule has 3 nitrogen and oxygen atoms in total. The topological polar surface area (TPSA) is 46.5 Å². The number of hydrogen-bond acceptors (Lipinski definition) is 2. The smallest absolute Gasteiger partial charge is 0.328 e. The van der Waals surface area contributed by atoms with Crippen molar-refractivity contribution in [3.05, 3.63) is 64.9 Å². The third kappa shape index (κ3) is 3.59. The van der Waals surface area contributed by atoms with Crippen LogP contribution in [0.3, 0.4) is 0 Å². The summed E-state index contributed by atoms with van der Waals surface area (Å²) in [6.45, 7) is 0. The first kappa shape index (κ1) is 14.1. The van der Waals surface area contributed by atoms with E-state index in [0.29, 0.717) is 11.3 Å². The molecule has 2 aromatic rings. The summed E-state index contributed by atoms with van der Waals surface area (Å²) in [5.74, 6) is -0.935. The van der Waals surface area contributed by atoms with Crippen LogP contribution >= 0.6 is 11.6 Å². The van der Waals surface area contributed by atoms with Gasteiger partial charge in [0.2, 0.25) is 0 Å². The van der Waals surface area contributed by atoms with E-state index in [2.05, 4.69) is 0 Å². The minimum atomic E-state index is -1.06. The fourth-order valence-electron chi connectivity index (χ4n) is 1.54. The monoisotopic (exact) mass is 292 g/mol. The highest BCUT2D eigenvalue weighted by Crippen LogP contribution is 2.28. The maximum atomic E-state index is 13.3. The molecule has 0 aromatic heterocycles. The highest BCUT2D eigenvalue weighted by Gasteiger charge is 2.05. The molecular weight excluding hydrogens is 283 g/mol. The van der Waals surface area contributed by atoms with E-state index < -0.39 is 11.8 Å². The minimum Gasteiger partial charge on any atom is -0.478 e. The Hall–Kier alpha value is -2.33. The lowest BCUT2D eigenvalue weighted by Gasteiger charge is -2.09. The number of ether oxygens (including phenoxy) is 1. The Morgan fingerprint density at radius 3 is 2.70 bits per heavy atom. The fourth-order valence-corrected chi connectivity index (χ4v) is 1.66. The van der Waals surface area contributed by atoms with Crippen molar-refractivity contribution >= 4 is 23.6 Å². The van der Waals surface area contributed by atoms with Crippen LogP contribution in [0.1, 0.15) is 5.56 Å². The second-order valence-corrected chi connectivity index (χ2v) is 4.29.